The van der Waals surface area contributed by atoms with E-state index in [0.29, 0.717) is 11.4 Å². The summed E-state index contributed by atoms with van der Waals surface area (Å²) in [5.74, 6) is -0.461. The Kier molecular flexibility index (Phi) is 5.55. The van der Waals surface area contributed by atoms with E-state index >= 15 is 0 Å². The summed E-state index contributed by atoms with van der Waals surface area (Å²) in [7, 11) is -2.01. The van der Waals surface area contributed by atoms with E-state index in [1.165, 1.54) is 0 Å². The molecular formula is C20H23N3O4S2. The van der Waals surface area contributed by atoms with Gasteiger partial charge in [0.15, 0.2) is 0 Å². The molecule has 1 amide bonds. The molecule has 1 N–H and O–H groups in total. The van der Waals surface area contributed by atoms with Gasteiger partial charge in [0.05, 0.1) is 22.2 Å². The normalized spacial score (nSPS) is 12.7. The van der Waals surface area contributed by atoms with Gasteiger partial charge < -0.3 is 9.88 Å². The molecule has 1 heterocycles. The number of carbonyl (C=O) groups is 1. The molecule has 154 valence electrons. The Balaban J connectivity index is 1.93. The molecule has 0 spiro atoms. The number of fused-ring (bicyclic) bond motifs is 1. The summed E-state index contributed by atoms with van der Waals surface area (Å²) in [6, 6.07) is 9.63. The van der Waals surface area contributed by atoms with E-state index in [0.717, 1.165) is 43.2 Å². The van der Waals surface area contributed by atoms with Gasteiger partial charge in [-0.25, -0.2) is 8.42 Å². The fourth-order valence-corrected chi connectivity index (χ4v) is 5.42. The van der Waals surface area contributed by atoms with E-state index in [1.807, 2.05) is 19.9 Å². The van der Waals surface area contributed by atoms with Gasteiger partial charge in [-0.2, -0.15) is 0 Å². The molecule has 0 aliphatic rings. The molecule has 3 aromatic rings. The molecule has 29 heavy (non-hydrogen) atoms. The fraction of sp³-hybridized carbons (Fsp3) is 0.300. The highest BCUT2D eigenvalue weighted by Crippen LogP contribution is 2.25. The minimum atomic E-state index is -3.70. The van der Waals surface area contributed by atoms with Crippen LogP contribution in [0.1, 0.15) is 18.1 Å². The number of hydrogen-bond donors (Lipinski definition) is 1. The van der Waals surface area contributed by atoms with Crippen molar-refractivity contribution in [3.8, 4) is 0 Å². The van der Waals surface area contributed by atoms with Crippen molar-refractivity contribution in [2.75, 3.05) is 15.9 Å². The van der Waals surface area contributed by atoms with Crippen LogP contribution in [0, 0.1) is 13.8 Å². The van der Waals surface area contributed by atoms with Crippen LogP contribution in [0.5, 0.6) is 0 Å². The van der Waals surface area contributed by atoms with Crippen molar-refractivity contribution < 1.29 is 13.2 Å². The maximum absolute atomic E-state index is 12.9. The lowest BCUT2D eigenvalue weighted by Gasteiger charge is -2.28. The smallest absolute Gasteiger partial charge is 0.307 e. The predicted molar refractivity (Wildman–Crippen MR) is 118 cm³/mol. The Hall–Kier alpha value is -2.65. The van der Waals surface area contributed by atoms with E-state index in [2.05, 4.69) is 5.32 Å². The number of aryl methyl sites for hydroxylation is 3. The number of nitrogens with zero attached hydrogens (tertiary/aromatic N) is 2. The third-order valence-corrected chi connectivity index (χ3v) is 6.85. The molecule has 0 radical (unpaired) electrons. The van der Waals surface area contributed by atoms with Crippen LogP contribution in [0.4, 0.5) is 11.4 Å². The SMILES string of the molecule is Cc1cc(C)cc(N(C(C)C(=O)Nc2ccc3c(c2)sc(=O)n3C)S(C)(=O)=O)c1. The highest BCUT2D eigenvalue weighted by Gasteiger charge is 2.29. The summed E-state index contributed by atoms with van der Waals surface area (Å²) < 4.78 is 28.4. The summed E-state index contributed by atoms with van der Waals surface area (Å²) in [5.41, 5.74) is 3.55. The number of rotatable bonds is 5. The summed E-state index contributed by atoms with van der Waals surface area (Å²) in [5, 5.41) is 2.76. The van der Waals surface area contributed by atoms with E-state index in [4.69, 9.17) is 0 Å². The number of aromatic nitrogens is 1. The number of anilines is 2. The van der Waals surface area contributed by atoms with E-state index < -0.39 is 22.0 Å². The zero-order valence-corrected chi connectivity index (χ0v) is 18.5. The number of carbonyl (C=O) groups excluding carboxylic acids is 1. The van der Waals surface area contributed by atoms with Crippen LogP contribution < -0.4 is 14.5 Å². The molecule has 1 unspecified atom stereocenters. The minimum Gasteiger partial charge on any atom is -0.324 e. The predicted octanol–water partition coefficient (Wildman–Crippen LogP) is 3.01. The van der Waals surface area contributed by atoms with Crippen LogP contribution >= 0.6 is 11.3 Å². The highest BCUT2D eigenvalue weighted by molar-refractivity contribution is 7.92. The zero-order chi connectivity index (χ0) is 21.5. The van der Waals surface area contributed by atoms with Crippen molar-refractivity contribution in [2.45, 2.75) is 26.8 Å². The van der Waals surface area contributed by atoms with E-state index in [9.17, 15) is 18.0 Å². The molecule has 1 aromatic heterocycles. The Morgan fingerprint density at radius 1 is 1.14 bits per heavy atom. The highest BCUT2D eigenvalue weighted by atomic mass is 32.2. The van der Waals surface area contributed by atoms with Gasteiger partial charge in [0.25, 0.3) is 0 Å². The van der Waals surface area contributed by atoms with Gasteiger partial charge in [0.1, 0.15) is 6.04 Å². The first-order valence-electron chi connectivity index (χ1n) is 8.95. The largest absolute Gasteiger partial charge is 0.324 e. The monoisotopic (exact) mass is 433 g/mol. The van der Waals surface area contributed by atoms with Gasteiger partial charge in [-0.3, -0.25) is 13.9 Å². The Morgan fingerprint density at radius 2 is 1.76 bits per heavy atom. The van der Waals surface area contributed by atoms with Gasteiger partial charge in [0, 0.05) is 12.7 Å². The number of amides is 1. The fourth-order valence-electron chi connectivity index (χ4n) is 3.34. The molecule has 3 rings (SSSR count). The van der Waals surface area contributed by atoms with Crippen molar-refractivity contribution in [3.63, 3.8) is 0 Å². The lowest BCUT2D eigenvalue weighted by atomic mass is 10.1. The molecule has 0 aliphatic carbocycles. The van der Waals surface area contributed by atoms with Crippen LogP contribution in [0.3, 0.4) is 0 Å². The van der Waals surface area contributed by atoms with Gasteiger partial charge in [-0.1, -0.05) is 17.4 Å². The number of sulfonamides is 1. The molecular weight excluding hydrogens is 410 g/mol. The van der Waals surface area contributed by atoms with Gasteiger partial charge in [-0.05, 0) is 62.2 Å². The maximum atomic E-state index is 12.9. The molecule has 2 aromatic carbocycles. The quantitative estimate of drug-likeness (QED) is 0.670. The first kappa shape index (κ1) is 21.1. The van der Waals surface area contributed by atoms with Crippen molar-refractivity contribution in [1.29, 1.82) is 0 Å². The summed E-state index contributed by atoms with van der Waals surface area (Å²) >= 11 is 1.09. The minimum absolute atomic E-state index is 0.0880. The summed E-state index contributed by atoms with van der Waals surface area (Å²) in [6.07, 6.45) is 1.09. The lowest BCUT2D eigenvalue weighted by molar-refractivity contribution is -0.116. The second kappa shape index (κ2) is 7.64. The number of thiazole rings is 1. The molecule has 9 heteroatoms. The lowest BCUT2D eigenvalue weighted by Crippen LogP contribution is -2.45. The van der Waals surface area contributed by atoms with Crippen LogP contribution in [0.25, 0.3) is 10.2 Å². The second-order valence-electron chi connectivity index (χ2n) is 7.18. The molecule has 0 bridgehead atoms. The average molecular weight is 434 g/mol. The molecule has 0 aliphatic heterocycles. The van der Waals surface area contributed by atoms with Crippen molar-refractivity contribution in [2.24, 2.45) is 7.05 Å². The standard InChI is InChI=1S/C20H23N3O4S2/c1-12-8-13(2)10-16(9-12)23(29(5,26)27)14(3)19(24)21-15-6-7-17-18(11-15)28-20(25)22(17)4/h6-11,14H,1-5H3,(H,21,24). The topological polar surface area (TPSA) is 88.5 Å². The molecule has 0 saturated carbocycles. The second-order valence-corrected chi connectivity index (χ2v) is 10.0. The zero-order valence-electron chi connectivity index (χ0n) is 16.9. The number of nitrogens with one attached hydrogen (secondary N) is 1. The molecule has 0 fully saturated rings. The Morgan fingerprint density at radius 3 is 2.34 bits per heavy atom. The Bertz CT molecular complexity index is 1240. The van der Waals surface area contributed by atoms with Crippen LogP contribution in [-0.2, 0) is 21.9 Å². The van der Waals surface area contributed by atoms with Crippen molar-refractivity contribution in [1.82, 2.24) is 4.57 Å². The summed E-state index contributed by atoms with van der Waals surface area (Å²) in [6.45, 7) is 5.30. The van der Waals surface area contributed by atoms with Crippen molar-refractivity contribution >= 4 is 48.9 Å². The molecule has 1 atom stereocenters. The first-order valence-corrected chi connectivity index (χ1v) is 11.6. The van der Waals surface area contributed by atoms with Crippen molar-refractivity contribution in [3.05, 3.63) is 57.2 Å². The number of hydrogen-bond acceptors (Lipinski definition) is 5. The Labute approximate surface area is 173 Å². The first-order chi connectivity index (χ1) is 13.5. The molecule has 0 saturated heterocycles. The van der Waals surface area contributed by atoms with Gasteiger partial charge in [0.2, 0.25) is 15.9 Å². The van der Waals surface area contributed by atoms with Crippen LogP contribution in [0.15, 0.2) is 41.2 Å². The summed E-state index contributed by atoms with van der Waals surface area (Å²) in [4.78, 5) is 24.6. The molecule has 7 nitrogen and oxygen atoms in total. The van der Waals surface area contributed by atoms with E-state index in [-0.39, 0.29) is 4.87 Å². The number of benzene rings is 2. The average Bonchev–Trinajstić information content (AvgIpc) is 2.86. The third kappa shape index (κ3) is 4.35. The van der Waals surface area contributed by atoms with Gasteiger partial charge in [-0.15, -0.1) is 0 Å². The van der Waals surface area contributed by atoms with Crippen LogP contribution in [-0.4, -0.2) is 31.2 Å². The van der Waals surface area contributed by atoms with Gasteiger partial charge >= 0.3 is 4.87 Å². The van der Waals surface area contributed by atoms with E-state index in [1.54, 1.807) is 48.9 Å². The van der Waals surface area contributed by atoms with Crippen LogP contribution in [0.2, 0.25) is 0 Å². The third-order valence-electron chi connectivity index (χ3n) is 4.61. The maximum Gasteiger partial charge on any atom is 0.307 e.